The Morgan fingerprint density at radius 2 is 1.78 bits per heavy atom. The van der Waals surface area contributed by atoms with Gasteiger partial charge in [0.25, 0.3) is 0 Å². The maximum absolute atomic E-state index is 12.7. The van der Waals surface area contributed by atoms with Crippen molar-refractivity contribution in [2.75, 3.05) is 10.6 Å². The zero-order valence-corrected chi connectivity index (χ0v) is 17.3. The van der Waals surface area contributed by atoms with E-state index < -0.39 is 16.1 Å². The smallest absolute Gasteiger partial charge is 0.243 e. The Hall–Kier alpha value is -2.05. The first-order chi connectivity index (χ1) is 12.7. The number of hydrogen-bond donors (Lipinski definition) is 1. The molecule has 146 valence electrons. The summed E-state index contributed by atoms with van der Waals surface area (Å²) in [5, 5.41) is 3.32. The summed E-state index contributed by atoms with van der Waals surface area (Å²) >= 11 is 5.99. The number of nitrogens with one attached hydrogen (secondary N) is 1. The molecular formula is C20H25ClN2O3S. The van der Waals surface area contributed by atoms with Crippen LogP contribution in [0.2, 0.25) is 5.02 Å². The largest absolute Gasteiger partial charge is 0.352 e. The molecule has 0 fully saturated rings. The summed E-state index contributed by atoms with van der Waals surface area (Å²) in [7, 11) is -3.66. The lowest BCUT2D eigenvalue weighted by Gasteiger charge is -2.29. The van der Waals surface area contributed by atoms with Crippen LogP contribution in [0.25, 0.3) is 0 Å². The molecule has 0 radical (unpaired) electrons. The molecule has 1 N–H and O–H groups in total. The Balaban J connectivity index is 2.06. The van der Waals surface area contributed by atoms with Gasteiger partial charge in [0, 0.05) is 11.1 Å². The van der Waals surface area contributed by atoms with Gasteiger partial charge in [-0.3, -0.25) is 9.10 Å². The molecule has 0 aliphatic carbocycles. The van der Waals surface area contributed by atoms with Crippen molar-refractivity contribution in [3.8, 4) is 0 Å². The number of benzene rings is 2. The number of sulfonamides is 1. The van der Waals surface area contributed by atoms with Crippen LogP contribution in [-0.4, -0.2) is 32.7 Å². The van der Waals surface area contributed by atoms with Gasteiger partial charge in [-0.1, -0.05) is 48.0 Å². The Kier molecular flexibility index (Phi) is 7.27. The molecule has 0 spiro atoms. The van der Waals surface area contributed by atoms with E-state index >= 15 is 0 Å². The van der Waals surface area contributed by atoms with Crippen molar-refractivity contribution in [3.05, 3.63) is 65.2 Å². The lowest BCUT2D eigenvalue weighted by Crippen LogP contribution is -2.50. The molecule has 0 aromatic heterocycles. The van der Waals surface area contributed by atoms with Crippen LogP contribution in [0.1, 0.15) is 25.8 Å². The fourth-order valence-electron chi connectivity index (χ4n) is 2.89. The molecule has 0 bridgehead atoms. The second-order valence-corrected chi connectivity index (χ2v) is 8.94. The standard InChI is InChI=1S/C20H25ClN2O3S/c1-15(12-13-17-8-5-4-6-9-17)22-20(24)16(2)23(27(3,25)26)19-11-7-10-18(21)14-19/h4-11,14-16H,12-13H2,1-3H3,(H,22,24)/t15-,16+/m0/s1. The Labute approximate surface area is 166 Å². The van der Waals surface area contributed by atoms with E-state index in [0.29, 0.717) is 10.7 Å². The van der Waals surface area contributed by atoms with Crippen LogP contribution in [0.3, 0.4) is 0 Å². The number of hydrogen-bond acceptors (Lipinski definition) is 3. The van der Waals surface area contributed by atoms with Crippen molar-refractivity contribution >= 4 is 33.2 Å². The second-order valence-electron chi connectivity index (χ2n) is 6.65. The highest BCUT2D eigenvalue weighted by atomic mass is 35.5. The third-order valence-corrected chi connectivity index (χ3v) is 5.73. The van der Waals surface area contributed by atoms with E-state index in [9.17, 15) is 13.2 Å². The van der Waals surface area contributed by atoms with Crippen LogP contribution >= 0.6 is 11.6 Å². The SMILES string of the molecule is C[C@H](C(=O)N[C@@H](C)CCc1ccccc1)N(c1cccc(Cl)c1)S(C)(=O)=O. The number of rotatable bonds is 8. The minimum atomic E-state index is -3.66. The van der Waals surface area contributed by atoms with E-state index in [1.165, 1.54) is 11.6 Å². The van der Waals surface area contributed by atoms with Gasteiger partial charge in [-0.15, -0.1) is 0 Å². The number of anilines is 1. The topological polar surface area (TPSA) is 66.5 Å². The van der Waals surface area contributed by atoms with E-state index in [0.717, 1.165) is 23.4 Å². The van der Waals surface area contributed by atoms with Gasteiger partial charge in [0.05, 0.1) is 11.9 Å². The van der Waals surface area contributed by atoms with E-state index in [-0.39, 0.29) is 11.9 Å². The molecule has 0 saturated heterocycles. The van der Waals surface area contributed by atoms with Crippen molar-refractivity contribution in [1.29, 1.82) is 0 Å². The van der Waals surface area contributed by atoms with Gasteiger partial charge in [0.2, 0.25) is 15.9 Å². The van der Waals surface area contributed by atoms with Crippen molar-refractivity contribution in [1.82, 2.24) is 5.32 Å². The van der Waals surface area contributed by atoms with Crippen LogP contribution in [-0.2, 0) is 21.2 Å². The Bertz CT molecular complexity index is 872. The highest BCUT2D eigenvalue weighted by molar-refractivity contribution is 7.92. The molecule has 0 heterocycles. The van der Waals surface area contributed by atoms with Gasteiger partial charge in [-0.25, -0.2) is 8.42 Å². The minimum Gasteiger partial charge on any atom is -0.352 e. The predicted octanol–water partition coefficient (Wildman–Crippen LogP) is 3.63. The van der Waals surface area contributed by atoms with Crippen LogP contribution in [0.15, 0.2) is 54.6 Å². The zero-order valence-electron chi connectivity index (χ0n) is 15.7. The highest BCUT2D eigenvalue weighted by Crippen LogP contribution is 2.24. The van der Waals surface area contributed by atoms with Crippen LogP contribution in [0.5, 0.6) is 0 Å². The minimum absolute atomic E-state index is 0.0825. The van der Waals surface area contributed by atoms with Gasteiger partial charge >= 0.3 is 0 Å². The first-order valence-corrected chi connectivity index (χ1v) is 11.0. The first kappa shape index (κ1) is 21.3. The number of aryl methyl sites for hydroxylation is 1. The summed E-state index contributed by atoms with van der Waals surface area (Å²) in [5.74, 6) is -0.346. The highest BCUT2D eigenvalue weighted by Gasteiger charge is 2.29. The molecule has 0 saturated carbocycles. The Morgan fingerprint density at radius 1 is 1.11 bits per heavy atom. The molecule has 2 aromatic carbocycles. The third kappa shape index (κ3) is 6.26. The molecule has 2 atom stereocenters. The fourth-order valence-corrected chi connectivity index (χ4v) is 4.24. The van der Waals surface area contributed by atoms with Gasteiger partial charge in [0.15, 0.2) is 0 Å². The van der Waals surface area contributed by atoms with Gasteiger partial charge in [0.1, 0.15) is 6.04 Å². The summed E-state index contributed by atoms with van der Waals surface area (Å²) in [6.45, 7) is 3.49. The molecule has 2 rings (SSSR count). The number of carbonyl (C=O) groups is 1. The summed E-state index contributed by atoms with van der Waals surface area (Å²) < 4.78 is 25.7. The van der Waals surface area contributed by atoms with Crippen molar-refractivity contribution in [2.45, 2.75) is 38.8 Å². The first-order valence-electron chi connectivity index (χ1n) is 8.77. The summed E-state index contributed by atoms with van der Waals surface area (Å²) in [4.78, 5) is 12.7. The van der Waals surface area contributed by atoms with E-state index in [4.69, 9.17) is 11.6 Å². The molecule has 0 unspecified atom stereocenters. The molecule has 2 aromatic rings. The summed E-state index contributed by atoms with van der Waals surface area (Å²) in [6.07, 6.45) is 2.68. The quantitative estimate of drug-likeness (QED) is 0.725. The average Bonchev–Trinajstić information content (AvgIpc) is 2.60. The van der Waals surface area contributed by atoms with E-state index in [1.54, 1.807) is 25.1 Å². The number of carbonyl (C=O) groups excluding carboxylic acids is 1. The predicted molar refractivity (Wildman–Crippen MR) is 111 cm³/mol. The molecule has 0 aliphatic rings. The fraction of sp³-hybridized carbons (Fsp3) is 0.350. The molecule has 0 aliphatic heterocycles. The Morgan fingerprint density at radius 3 is 2.37 bits per heavy atom. The average molecular weight is 409 g/mol. The normalized spacial score (nSPS) is 13.6. The molecule has 5 nitrogen and oxygen atoms in total. The van der Waals surface area contributed by atoms with Gasteiger partial charge < -0.3 is 5.32 Å². The maximum Gasteiger partial charge on any atom is 0.243 e. The van der Waals surface area contributed by atoms with Crippen LogP contribution < -0.4 is 9.62 Å². The number of nitrogens with zero attached hydrogens (tertiary/aromatic N) is 1. The van der Waals surface area contributed by atoms with Gasteiger partial charge in [-0.2, -0.15) is 0 Å². The number of amides is 1. The van der Waals surface area contributed by atoms with Crippen molar-refractivity contribution in [2.24, 2.45) is 0 Å². The molecular weight excluding hydrogens is 384 g/mol. The van der Waals surface area contributed by atoms with Gasteiger partial charge in [-0.05, 0) is 50.5 Å². The lowest BCUT2D eigenvalue weighted by atomic mass is 10.1. The second kappa shape index (κ2) is 9.24. The van der Waals surface area contributed by atoms with E-state index in [1.807, 2.05) is 37.3 Å². The van der Waals surface area contributed by atoms with E-state index in [2.05, 4.69) is 5.32 Å². The van der Waals surface area contributed by atoms with Crippen molar-refractivity contribution < 1.29 is 13.2 Å². The molecule has 27 heavy (non-hydrogen) atoms. The molecule has 7 heteroatoms. The molecule has 1 amide bonds. The number of halogens is 1. The summed E-state index contributed by atoms with van der Waals surface area (Å²) in [5.41, 5.74) is 1.56. The third-order valence-electron chi connectivity index (χ3n) is 4.25. The maximum atomic E-state index is 12.7. The van der Waals surface area contributed by atoms with Crippen LogP contribution in [0.4, 0.5) is 5.69 Å². The summed E-state index contributed by atoms with van der Waals surface area (Å²) in [6, 6.07) is 15.5. The monoisotopic (exact) mass is 408 g/mol. The lowest BCUT2D eigenvalue weighted by molar-refractivity contribution is -0.122. The zero-order chi connectivity index (χ0) is 20.0. The van der Waals surface area contributed by atoms with Crippen LogP contribution in [0, 0.1) is 0 Å². The van der Waals surface area contributed by atoms with Crippen molar-refractivity contribution in [3.63, 3.8) is 0 Å².